The first-order chi connectivity index (χ1) is 7.38. The Labute approximate surface area is 93.1 Å². The van der Waals surface area contributed by atoms with Crippen LogP contribution in [0.3, 0.4) is 0 Å². The first-order valence-corrected chi connectivity index (χ1v) is 5.91. The number of hydrogen-bond donors (Lipinski definition) is 1. The van der Waals surface area contributed by atoms with E-state index in [1.54, 1.807) is 30.4 Å². The number of hydrogen-bond acceptors (Lipinski definition) is 5. The third-order valence-electron chi connectivity index (χ3n) is 2.11. The molecule has 78 valence electrons. The molecule has 0 spiro atoms. The van der Waals surface area contributed by atoms with Gasteiger partial charge in [-0.25, -0.2) is 4.98 Å². The van der Waals surface area contributed by atoms with E-state index in [0.29, 0.717) is 6.04 Å². The van der Waals surface area contributed by atoms with Gasteiger partial charge in [0.15, 0.2) is 0 Å². The molecule has 0 amide bonds. The summed E-state index contributed by atoms with van der Waals surface area (Å²) < 4.78 is 0. The molecule has 1 atom stereocenters. The van der Waals surface area contributed by atoms with Crippen LogP contribution in [0.4, 0.5) is 0 Å². The molecular formula is C10H12N4S. The number of nitrogens with one attached hydrogen (secondary N) is 1. The standard InChI is InChI=1S/C10H12N4S/c11-5-9(14-8-1-2-8)7-15-10-6-12-3-4-13-10/h3-4,6,8-9,14H,1-2,7H2. The third kappa shape index (κ3) is 3.50. The van der Waals surface area contributed by atoms with Gasteiger partial charge in [-0.05, 0) is 12.8 Å². The molecule has 0 bridgehead atoms. The summed E-state index contributed by atoms with van der Waals surface area (Å²) in [6.07, 6.45) is 7.44. The summed E-state index contributed by atoms with van der Waals surface area (Å²) in [7, 11) is 0. The average Bonchev–Trinajstić information content (AvgIpc) is 3.09. The van der Waals surface area contributed by atoms with Gasteiger partial charge in [0.05, 0.1) is 12.3 Å². The van der Waals surface area contributed by atoms with Gasteiger partial charge in [-0.2, -0.15) is 5.26 Å². The van der Waals surface area contributed by atoms with Gasteiger partial charge in [-0.3, -0.25) is 10.3 Å². The Morgan fingerprint density at radius 3 is 3.07 bits per heavy atom. The number of thioether (sulfide) groups is 1. The van der Waals surface area contributed by atoms with Gasteiger partial charge < -0.3 is 0 Å². The summed E-state index contributed by atoms with van der Waals surface area (Å²) >= 11 is 1.56. The highest BCUT2D eigenvalue weighted by Gasteiger charge is 2.24. The van der Waals surface area contributed by atoms with E-state index in [4.69, 9.17) is 5.26 Å². The summed E-state index contributed by atoms with van der Waals surface area (Å²) in [5, 5.41) is 13.1. The average molecular weight is 220 g/mol. The molecule has 0 saturated heterocycles. The number of nitriles is 1. The normalized spacial score (nSPS) is 17.0. The van der Waals surface area contributed by atoms with E-state index in [1.165, 1.54) is 12.8 Å². The van der Waals surface area contributed by atoms with Crippen LogP contribution in [-0.4, -0.2) is 27.8 Å². The van der Waals surface area contributed by atoms with Crippen molar-refractivity contribution in [3.05, 3.63) is 18.6 Å². The molecule has 4 nitrogen and oxygen atoms in total. The van der Waals surface area contributed by atoms with E-state index in [-0.39, 0.29) is 6.04 Å². The van der Waals surface area contributed by atoms with Crippen LogP contribution in [0.15, 0.2) is 23.6 Å². The van der Waals surface area contributed by atoms with E-state index in [1.807, 2.05) is 0 Å². The van der Waals surface area contributed by atoms with Crippen LogP contribution in [0.1, 0.15) is 12.8 Å². The lowest BCUT2D eigenvalue weighted by atomic mass is 10.4. The lowest BCUT2D eigenvalue weighted by molar-refractivity contribution is 0.644. The summed E-state index contributed by atoms with van der Waals surface area (Å²) in [5.74, 6) is 0.728. The quantitative estimate of drug-likeness (QED) is 0.756. The number of aromatic nitrogens is 2. The van der Waals surface area contributed by atoms with Crippen molar-refractivity contribution in [2.24, 2.45) is 0 Å². The lowest BCUT2D eigenvalue weighted by Crippen LogP contribution is -2.31. The second-order valence-electron chi connectivity index (χ2n) is 3.48. The van der Waals surface area contributed by atoms with Crippen molar-refractivity contribution in [1.29, 1.82) is 5.26 Å². The van der Waals surface area contributed by atoms with Crippen LogP contribution in [-0.2, 0) is 0 Å². The molecule has 1 heterocycles. The largest absolute Gasteiger partial charge is 0.298 e. The number of nitrogens with zero attached hydrogens (tertiary/aromatic N) is 3. The Balaban J connectivity index is 1.78. The van der Waals surface area contributed by atoms with Crippen LogP contribution >= 0.6 is 11.8 Å². The molecule has 1 N–H and O–H groups in total. The molecule has 1 aliphatic carbocycles. The molecule has 0 aromatic carbocycles. The Hall–Kier alpha value is -1.12. The maximum Gasteiger partial charge on any atom is 0.114 e. The van der Waals surface area contributed by atoms with Gasteiger partial charge in [0.2, 0.25) is 0 Å². The van der Waals surface area contributed by atoms with Crippen LogP contribution in [0, 0.1) is 11.3 Å². The van der Waals surface area contributed by atoms with Gasteiger partial charge in [0.1, 0.15) is 11.1 Å². The fourth-order valence-electron chi connectivity index (χ4n) is 1.19. The van der Waals surface area contributed by atoms with Crippen LogP contribution in [0.5, 0.6) is 0 Å². The first-order valence-electron chi connectivity index (χ1n) is 4.93. The summed E-state index contributed by atoms with van der Waals surface area (Å²) in [4.78, 5) is 8.12. The predicted molar refractivity (Wildman–Crippen MR) is 58.3 cm³/mol. The molecule has 5 heteroatoms. The van der Waals surface area contributed by atoms with Crippen LogP contribution in [0.25, 0.3) is 0 Å². The lowest BCUT2D eigenvalue weighted by Gasteiger charge is -2.08. The minimum Gasteiger partial charge on any atom is -0.298 e. The summed E-state index contributed by atoms with van der Waals surface area (Å²) in [6, 6.07) is 2.75. The van der Waals surface area contributed by atoms with E-state index in [9.17, 15) is 0 Å². The zero-order chi connectivity index (χ0) is 10.5. The van der Waals surface area contributed by atoms with Crippen molar-refractivity contribution in [3.8, 4) is 6.07 Å². The van der Waals surface area contributed by atoms with Gasteiger partial charge in [-0.15, -0.1) is 11.8 Å². The van der Waals surface area contributed by atoms with Crippen LogP contribution < -0.4 is 5.32 Å². The molecule has 1 aromatic rings. The third-order valence-corrected chi connectivity index (χ3v) is 3.11. The van der Waals surface area contributed by atoms with E-state index >= 15 is 0 Å². The van der Waals surface area contributed by atoms with Crippen LogP contribution in [0.2, 0.25) is 0 Å². The van der Waals surface area contributed by atoms with E-state index in [0.717, 1.165) is 10.8 Å². The Kier molecular flexibility index (Phi) is 3.54. The van der Waals surface area contributed by atoms with E-state index < -0.39 is 0 Å². The van der Waals surface area contributed by atoms with Crippen molar-refractivity contribution in [2.75, 3.05) is 5.75 Å². The molecule has 15 heavy (non-hydrogen) atoms. The second kappa shape index (κ2) is 5.10. The predicted octanol–water partition coefficient (Wildman–Crippen LogP) is 1.21. The molecule has 1 aliphatic rings. The molecule has 1 saturated carbocycles. The monoisotopic (exact) mass is 220 g/mol. The van der Waals surface area contributed by atoms with Gasteiger partial charge >= 0.3 is 0 Å². The Bertz CT molecular complexity index is 344. The molecule has 1 aromatic heterocycles. The highest BCUT2D eigenvalue weighted by molar-refractivity contribution is 7.99. The first kappa shape index (κ1) is 10.4. The smallest absolute Gasteiger partial charge is 0.114 e. The summed E-state index contributed by atoms with van der Waals surface area (Å²) in [6.45, 7) is 0. The van der Waals surface area contributed by atoms with E-state index in [2.05, 4.69) is 21.4 Å². The van der Waals surface area contributed by atoms with Crippen molar-refractivity contribution in [2.45, 2.75) is 30.0 Å². The molecule has 1 fully saturated rings. The van der Waals surface area contributed by atoms with Crippen molar-refractivity contribution in [1.82, 2.24) is 15.3 Å². The second-order valence-corrected chi connectivity index (χ2v) is 4.52. The molecule has 1 unspecified atom stereocenters. The molecule has 2 rings (SSSR count). The SMILES string of the molecule is N#CC(CSc1cnccn1)NC1CC1. The molecule has 0 radical (unpaired) electrons. The fourth-order valence-corrected chi connectivity index (χ4v) is 1.96. The Morgan fingerprint density at radius 1 is 1.60 bits per heavy atom. The zero-order valence-corrected chi connectivity index (χ0v) is 9.07. The Morgan fingerprint density at radius 2 is 2.47 bits per heavy atom. The molecule has 0 aliphatic heterocycles. The van der Waals surface area contributed by atoms with Crippen molar-refractivity contribution in [3.63, 3.8) is 0 Å². The maximum absolute atomic E-state index is 8.92. The van der Waals surface area contributed by atoms with Gasteiger partial charge in [0, 0.05) is 24.2 Å². The van der Waals surface area contributed by atoms with Crippen molar-refractivity contribution >= 4 is 11.8 Å². The highest BCUT2D eigenvalue weighted by atomic mass is 32.2. The van der Waals surface area contributed by atoms with Gasteiger partial charge in [-0.1, -0.05) is 0 Å². The van der Waals surface area contributed by atoms with Gasteiger partial charge in [0.25, 0.3) is 0 Å². The fraction of sp³-hybridized carbons (Fsp3) is 0.500. The van der Waals surface area contributed by atoms with Crippen molar-refractivity contribution < 1.29 is 0 Å². The summed E-state index contributed by atoms with van der Waals surface area (Å²) in [5.41, 5.74) is 0. The minimum atomic E-state index is -0.0792. The highest BCUT2D eigenvalue weighted by Crippen LogP contribution is 2.21. The number of rotatable bonds is 5. The molecular weight excluding hydrogens is 208 g/mol. The minimum absolute atomic E-state index is 0.0792. The topological polar surface area (TPSA) is 61.6 Å². The maximum atomic E-state index is 8.92. The zero-order valence-electron chi connectivity index (χ0n) is 8.26.